The third-order valence-electron chi connectivity index (χ3n) is 4.31. The van der Waals surface area contributed by atoms with Gasteiger partial charge < -0.3 is 5.32 Å². The molecule has 0 aliphatic carbocycles. The molecule has 1 amide bonds. The molecule has 0 aliphatic heterocycles. The molecule has 0 saturated carbocycles. The normalized spacial score (nSPS) is 11.4. The highest BCUT2D eigenvalue weighted by Gasteiger charge is 2.20. The molecule has 1 aromatic heterocycles. The molecule has 0 fully saturated rings. The standard InChI is InChI=1S/C19H23N5O3S2/c1-11-7-15(29(26,27)24(5)6)8-17(12(11)2)23-18(25)10-28-19-16(9-20)13(3)21-14(4)22-19/h7-8H,10H2,1-6H3,(H,23,25). The number of rotatable bonds is 6. The van der Waals surface area contributed by atoms with Crippen LogP contribution < -0.4 is 5.32 Å². The van der Waals surface area contributed by atoms with Crippen molar-refractivity contribution in [3.63, 3.8) is 0 Å². The predicted molar refractivity (Wildman–Crippen MR) is 112 cm³/mol. The summed E-state index contributed by atoms with van der Waals surface area (Å²) in [6, 6.07) is 5.11. The van der Waals surface area contributed by atoms with E-state index in [2.05, 4.69) is 21.4 Å². The zero-order chi connectivity index (χ0) is 21.9. The Morgan fingerprint density at radius 2 is 1.86 bits per heavy atom. The molecule has 8 nitrogen and oxygen atoms in total. The summed E-state index contributed by atoms with van der Waals surface area (Å²) in [5.41, 5.74) is 2.89. The first-order chi connectivity index (χ1) is 13.5. The number of nitriles is 1. The molecular weight excluding hydrogens is 410 g/mol. The molecule has 0 radical (unpaired) electrons. The van der Waals surface area contributed by atoms with Crippen LogP contribution in [0.25, 0.3) is 0 Å². The van der Waals surface area contributed by atoms with E-state index in [9.17, 15) is 18.5 Å². The maximum Gasteiger partial charge on any atom is 0.242 e. The Morgan fingerprint density at radius 3 is 2.45 bits per heavy atom. The van der Waals surface area contributed by atoms with Gasteiger partial charge in [-0.2, -0.15) is 5.26 Å². The summed E-state index contributed by atoms with van der Waals surface area (Å²) in [5, 5.41) is 12.5. The van der Waals surface area contributed by atoms with Gasteiger partial charge in [0.25, 0.3) is 0 Å². The molecule has 0 bridgehead atoms. The number of carbonyl (C=O) groups is 1. The van der Waals surface area contributed by atoms with E-state index in [0.29, 0.717) is 27.8 Å². The minimum atomic E-state index is -3.62. The van der Waals surface area contributed by atoms with Gasteiger partial charge in [0, 0.05) is 19.8 Å². The van der Waals surface area contributed by atoms with E-state index in [4.69, 9.17) is 0 Å². The van der Waals surface area contributed by atoms with Crippen molar-refractivity contribution in [2.24, 2.45) is 0 Å². The molecule has 1 aromatic carbocycles. The van der Waals surface area contributed by atoms with Crippen LogP contribution in [-0.2, 0) is 14.8 Å². The van der Waals surface area contributed by atoms with Crippen molar-refractivity contribution in [3.8, 4) is 6.07 Å². The molecule has 1 N–H and O–H groups in total. The van der Waals surface area contributed by atoms with Gasteiger partial charge in [0.1, 0.15) is 22.5 Å². The number of thioether (sulfide) groups is 1. The van der Waals surface area contributed by atoms with Gasteiger partial charge in [-0.15, -0.1) is 0 Å². The largest absolute Gasteiger partial charge is 0.325 e. The van der Waals surface area contributed by atoms with Crippen molar-refractivity contribution >= 4 is 33.4 Å². The number of hydrogen-bond donors (Lipinski definition) is 1. The lowest BCUT2D eigenvalue weighted by Crippen LogP contribution is -2.23. The van der Waals surface area contributed by atoms with Crippen molar-refractivity contribution in [1.82, 2.24) is 14.3 Å². The second kappa shape index (κ2) is 8.90. The zero-order valence-corrected chi connectivity index (χ0v) is 18.8. The summed E-state index contributed by atoms with van der Waals surface area (Å²) in [6.45, 7) is 7.05. The number of sulfonamides is 1. The minimum absolute atomic E-state index is 0.0215. The molecule has 10 heteroatoms. The number of nitrogens with one attached hydrogen (secondary N) is 1. The van der Waals surface area contributed by atoms with Crippen molar-refractivity contribution in [1.29, 1.82) is 5.26 Å². The number of nitrogens with zero attached hydrogens (tertiary/aromatic N) is 4. The summed E-state index contributed by atoms with van der Waals surface area (Å²) in [7, 11) is -0.712. The van der Waals surface area contributed by atoms with Crippen LogP contribution in [0.2, 0.25) is 0 Å². The Labute approximate surface area is 175 Å². The second-order valence-electron chi connectivity index (χ2n) is 6.69. The summed E-state index contributed by atoms with van der Waals surface area (Å²) < 4.78 is 26.0. The zero-order valence-electron chi connectivity index (χ0n) is 17.2. The molecule has 0 spiro atoms. The van der Waals surface area contributed by atoms with Crippen LogP contribution in [0.3, 0.4) is 0 Å². The van der Waals surface area contributed by atoms with Crippen molar-refractivity contribution in [2.75, 3.05) is 25.2 Å². The first-order valence-corrected chi connectivity index (χ1v) is 11.1. The van der Waals surface area contributed by atoms with Gasteiger partial charge in [-0.25, -0.2) is 22.7 Å². The van der Waals surface area contributed by atoms with Crippen LogP contribution in [0.1, 0.15) is 28.2 Å². The van der Waals surface area contributed by atoms with Gasteiger partial charge in [0.2, 0.25) is 15.9 Å². The number of carbonyl (C=O) groups excluding carboxylic acids is 1. The predicted octanol–water partition coefficient (Wildman–Crippen LogP) is 2.56. The maximum atomic E-state index is 12.5. The highest BCUT2D eigenvalue weighted by Crippen LogP contribution is 2.27. The van der Waals surface area contributed by atoms with Crippen LogP contribution in [0.4, 0.5) is 5.69 Å². The fourth-order valence-corrected chi connectivity index (χ4v) is 4.44. The summed E-state index contributed by atoms with van der Waals surface area (Å²) >= 11 is 1.14. The highest BCUT2D eigenvalue weighted by molar-refractivity contribution is 8.00. The topological polar surface area (TPSA) is 116 Å². The lowest BCUT2D eigenvalue weighted by Gasteiger charge is -2.16. The number of amides is 1. The summed E-state index contributed by atoms with van der Waals surface area (Å²) in [5.74, 6) is 0.223. The first-order valence-electron chi connectivity index (χ1n) is 8.69. The number of benzene rings is 1. The van der Waals surface area contributed by atoms with Gasteiger partial charge in [-0.1, -0.05) is 11.8 Å². The van der Waals surface area contributed by atoms with Crippen LogP contribution in [-0.4, -0.2) is 48.4 Å². The highest BCUT2D eigenvalue weighted by atomic mass is 32.2. The van der Waals surface area contributed by atoms with Gasteiger partial charge in [0.15, 0.2) is 0 Å². The van der Waals surface area contributed by atoms with E-state index in [-0.39, 0.29) is 16.6 Å². The molecule has 0 saturated heterocycles. The molecular formula is C19H23N5O3S2. The van der Waals surface area contributed by atoms with Crippen molar-refractivity contribution in [2.45, 2.75) is 37.6 Å². The molecule has 29 heavy (non-hydrogen) atoms. The van der Waals surface area contributed by atoms with Gasteiger partial charge in [-0.3, -0.25) is 4.79 Å². The third kappa shape index (κ3) is 5.12. The SMILES string of the molecule is Cc1nc(C)c(C#N)c(SCC(=O)Nc2cc(S(=O)(=O)N(C)C)cc(C)c2C)n1. The smallest absolute Gasteiger partial charge is 0.242 e. The number of anilines is 1. The van der Waals surface area contributed by atoms with E-state index >= 15 is 0 Å². The van der Waals surface area contributed by atoms with Crippen LogP contribution in [0.15, 0.2) is 22.1 Å². The van der Waals surface area contributed by atoms with E-state index < -0.39 is 10.0 Å². The summed E-state index contributed by atoms with van der Waals surface area (Å²) in [4.78, 5) is 21.0. The van der Waals surface area contributed by atoms with Crippen molar-refractivity contribution < 1.29 is 13.2 Å². The van der Waals surface area contributed by atoms with Crippen LogP contribution >= 0.6 is 11.8 Å². The fourth-order valence-electron chi connectivity index (χ4n) is 2.55. The Kier molecular flexibility index (Phi) is 7.00. The summed E-state index contributed by atoms with van der Waals surface area (Å²) in [6.07, 6.45) is 0. The fraction of sp³-hybridized carbons (Fsp3) is 0.368. The molecule has 2 rings (SSSR count). The molecule has 0 unspecified atom stereocenters. The number of aryl methyl sites for hydroxylation is 3. The van der Waals surface area contributed by atoms with E-state index in [1.54, 1.807) is 26.8 Å². The van der Waals surface area contributed by atoms with Gasteiger partial charge >= 0.3 is 0 Å². The minimum Gasteiger partial charge on any atom is -0.325 e. The van der Waals surface area contributed by atoms with Gasteiger partial charge in [0.05, 0.1) is 16.3 Å². The second-order valence-corrected chi connectivity index (χ2v) is 9.80. The monoisotopic (exact) mass is 433 g/mol. The maximum absolute atomic E-state index is 12.5. The average Bonchev–Trinajstić information content (AvgIpc) is 2.62. The van der Waals surface area contributed by atoms with Crippen LogP contribution in [0.5, 0.6) is 0 Å². The van der Waals surface area contributed by atoms with Crippen molar-refractivity contribution in [3.05, 3.63) is 40.3 Å². The molecule has 1 heterocycles. The number of hydrogen-bond acceptors (Lipinski definition) is 7. The quantitative estimate of drug-likeness (QED) is 0.550. The van der Waals surface area contributed by atoms with E-state index in [1.165, 1.54) is 20.2 Å². The lowest BCUT2D eigenvalue weighted by molar-refractivity contribution is -0.113. The Bertz CT molecular complexity index is 1110. The van der Waals surface area contributed by atoms with E-state index in [0.717, 1.165) is 27.2 Å². The Hall–Kier alpha value is -2.48. The Balaban J connectivity index is 2.24. The lowest BCUT2D eigenvalue weighted by atomic mass is 10.1. The molecule has 154 valence electrons. The van der Waals surface area contributed by atoms with Crippen LogP contribution in [0, 0.1) is 39.0 Å². The first kappa shape index (κ1) is 22.8. The third-order valence-corrected chi connectivity index (χ3v) is 7.08. The average molecular weight is 434 g/mol. The van der Waals surface area contributed by atoms with E-state index in [1.807, 2.05) is 6.92 Å². The number of aromatic nitrogens is 2. The molecule has 2 aromatic rings. The molecule has 0 atom stereocenters. The van der Waals surface area contributed by atoms with Gasteiger partial charge in [-0.05, 0) is 51.0 Å². The Morgan fingerprint density at radius 1 is 1.21 bits per heavy atom. The molecule has 0 aliphatic rings.